The number of hydrogen-bond acceptors (Lipinski definition) is 4. The number of hydrogen-bond donors (Lipinski definition) is 1. The first kappa shape index (κ1) is 15.4. The highest BCUT2D eigenvalue weighted by Gasteiger charge is 2.38. The summed E-state index contributed by atoms with van der Waals surface area (Å²) in [4.78, 5) is 25.6. The molecule has 1 aliphatic rings. The Morgan fingerprint density at radius 2 is 2.05 bits per heavy atom. The maximum atomic E-state index is 12.5. The Morgan fingerprint density at radius 3 is 2.76 bits per heavy atom. The van der Waals surface area contributed by atoms with Crippen LogP contribution in [0.5, 0.6) is 0 Å². The Hall–Kier alpha value is -2.04. The SMILES string of the molecule is CCCC(=O)OCCN1C(=O)C(C)(C)Nc2ccccc21. The summed E-state index contributed by atoms with van der Waals surface area (Å²) >= 11 is 0. The molecule has 0 saturated carbocycles. The molecule has 1 aromatic rings. The van der Waals surface area contributed by atoms with Crippen LogP contribution in [0, 0.1) is 0 Å². The van der Waals surface area contributed by atoms with Crippen molar-refractivity contribution in [2.45, 2.75) is 39.2 Å². The summed E-state index contributed by atoms with van der Waals surface area (Å²) in [5, 5.41) is 3.24. The molecule has 1 amide bonds. The molecule has 0 aliphatic carbocycles. The molecule has 1 heterocycles. The second-order valence-electron chi connectivity index (χ2n) is 5.69. The number of carbonyl (C=O) groups excluding carboxylic acids is 2. The van der Waals surface area contributed by atoms with Gasteiger partial charge in [0, 0.05) is 6.42 Å². The molecule has 1 N–H and O–H groups in total. The van der Waals surface area contributed by atoms with Crippen LogP contribution in [-0.4, -0.2) is 30.6 Å². The molecule has 0 aromatic heterocycles. The standard InChI is InChI=1S/C16H22N2O3/c1-4-7-14(19)21-11-10-18-13-9-6-5-8-12(13)17-16(2,3)15(18)20/h5-6,8-9,17H,4,7,10-11H2,1-3H3. The summed E-state index contributed by atoms with van der Waals surface area (Å²) in [7, 11) is 0. The summed E-state index contributed by atoms with van der Waals surface area (Å²) in [5.41, 5.74) is 1.08. The smallest absolute Gasteiger partial charge is 0.305 e. The van der Waals surface area contributed by atoms with E-state index in [9.17, 15) is 9.59 Å². The van der Waals surface area contributed by atoms with Crippen LogP contribution < -0.4 is 10.2 Å². The van der Waals surface area contributed by atoms with Crippen LogP contribution in [0.25, 0.3) is 0 Å². The number of carbonyl (C=O) groups is 2. The fraction of sp³-hybridized carbons (Fsp3) is 0.500. The van der Waals surface area contributed by atoms with Gasteiger partial charge in [0.15, 0.2) is 0 Å². The van der Waals surface area contributed by atoms with Crippen molar-refractivity contribution < 1.29 is 14.3 Å². The van der Waals surface area contributed by atoms with Gasteiger partial charge in [-0.25, -0.2) is 0 Å². The Balaban J connectivity index is 2.10. The maximum Gasteiger partial charge on any atom is 0.305 e. The van der Waals surface area contributed by atoms with Crippen LogP contribution in [0.15, 0.2) is 24.3 Å². The van der Waals surface area contributed by atoms with E-state index in [2.05, 4.69) is 5.32 Å². The number of ether oxygens (including phenoxy) is 1. The van der Waals surface area contributed by atoms with E-state index < -0.39 is 5.54 Å². The Morgan fingerprint density at radius 1 is 1.33 bits per heavy atom. The fourth-order valence-electron chi connectivity index (χ4n) is 2.40. The first-order chi connectivity index (χ1) is 9.95. The average Bonchev–Trinajstić information content (AvgIpc) is 2.43. The van der Waals surface area contributed by atoms with Crippen molar-refractivity contribution in [1.29, 1.82) is 0 Å². The van der Waals surface area contributed by atoms with Crippen molar-refractivity contribution in [2.75, 3.05) is 23.4 Å². The van der Waals surface area contributed by atoms with E-state index in [1.807, 2.05) is 45.0 Å². The van der Waals surface area contributed by atoms with Crippen molar-refractivity contribution in [1.82, 2.24) is 0 Å². The van der Waals surface area contributed by atoms with Gasteiger partial charge in [-0.05, 0) is 32.4 Å². The van der Waals surface area contributed by atoms with Crippen LogP contribution >= 0.6 is 0 Å². The zero-order valence-electron chi connectivity index (χ0n) is 12.8. The average molecular weight is 290 g/mol. The monoisotopic (exact) mass is 290 g/mol. The van der Waals surface area contributed by atoms with Crippen molar-refractivity contribution in [3.8, 4) is 0 Å². The number of nitrogens with zero attached hydrogens (tertiary/aromatic N) is 1. The first-order valence-electron chi connectivity index (χ1n) is 7.30. The van der Waals surface area contributed by atoms with Gasteiger partial charge in [0.25, 0.3) is 5.91 Å². The number of esters is 1. The second-order valence-corrected chi connectivity index (χ2v) is 5.69. The van der Waals surface area contributed by atoms with Gasteiger partial charge in [0.1, 0.15) is 12.1 Å². The van der Waals surface area contributed by atoms with Gasteiger partial charge in [-0.2, -0.15) is 0 Å². The normalized spacial score (nSPS) is 16.1. The number of anilines is 2. The van der Waals surface area contributed by atoms with Crippen molar-refractivity contribution >= 4 is 23.3 Å². The zero-order valence-corrected chi connectivity index (χ0v) is 12.8. The fourth-order valence-corrected chi connectivity index (χ4v) is 2.40. The predicted octanol–water partition coefficient (Wildman–Crippen LogP) is 2.57. The molecule has 0 atom stereocenters. The lowest BCUT2D eigenvalue weighted by molar-refractivity contribution is -0.143. The lowest BCUT2D eigenvalue weighted by Gasteiger charge is -2.39. The molecular formula is C16H22N2O3. The molecule has 114 valence electrons. The molecule has 1 aliphatic heterocycles. The highest BCUT2D eigenvalue weighted by molar-refractivity contribution is 6.07. The van der Waals surface area contributed by atoms with Crippen LogP contribution in [0.2, 0.25) is 0 Å². The predicted molar refractivity (Wildman–Crippen MR) is 82.4 cm³/mol. The van der Waals surface area contributed by atoms with Gasteiger partial charge in [0.05, 0.1) is 17.9 Å². The van der Waals surface area contributed by atoms with Crippen molar-refractivity contribution in [3.63, 3.8) is 0 Å². The number of rotatable bonds is 5. The maximum absolute atomic E-state index is 12.5. The molecule has 0 unspecified atom stereocenters. The van der Waals surface area contributed by atoms with E-state index in [0.717, 1.165) is 17.8 Å². The van der Waals surface area contributed by atoms with Crippen molar-refractivity contribution in [3.05, 3.63) is 24.3 Å². The number of benzene rings is 1. The third kappa shape index (κ3) is 3.35. The Labute approximate surface area is 125 Å². The van der Waals surface area contributed by atoms with Gasteiger partial charge in [-0.1, -0.05) is 19.1 Å². The van der Waals surface area contributed by atoms with E-state index >= 15 is 0 Å². The highest BCUT2D eigenvalue weighted by Crippen LogP contribution is 2.34. The number of para-hydroxylation sites is 2. The summed E-state index contributed by atoms with van der Waals surface area (Å²) in [5.74, 6) is -0.236. The van der Waals surface area contributed by atoms with E-state index in [4.69, 9.17) is 4.74 Å². The van der Waals surface area contributed by atoms with E-state index in [-0.39, 0.29) is 18.5 Å². The van der Waals surface area contributed by atoms with Gasteiger partial charge < -0.3 is 15.0 Å². The minimum absolute atomic E-state index is 0.0206. The number of amides is 1. The molecule has 0 spiro atoms. The quantitative estimate of drug-likeness (QED) is 0.847. The van der Waals surface area contributed by atoms with E-state index in [1.165, 1.54) is 0 Å². The molecule has 0 saturated heterocycles. The minimum Gasteiger partial charge on any atom is -0.464 e. The number of fused-ring (bicyclic) bond motifs is 1. The van der Waals surface area contributed by atoms with Crippen LogP contribution in [0.1, 0.15) is 33.6 Å². The molecule has 0 radical (unpaired) electrons. The number of nitrogens with one attached hydrogen (secondary N) is 1. The molecule has 2 rings (SSSR count). The lowest BCUT2D eigenvalue weighted by Crippen LogP contribution is -2.54. The van der Waals surface area contributed by atoms with Gasteiger partial charge in [-0.15, -0.1) is 0 Å². The molecule has 0 bridgehead atoms. The lowest BCUT2D eigenvalue weighted by atomic mass is 9.98. The second kappa shape index (κ2) is 6.16. The molecule has 1 aromatic carbocycles. The molecule has 5 nitrogen and oxygen atoms in total. The van der Waals surface area contributed by atoms with Crippen LogP contribution in [0.3, 0.4) is 0 Å². The van der Waals surface area contributed by atoms with Crippen LogP contribution in [-0.2, 0) is 14.3 Å². The third-order valence-corrected chi connectivity index (χ3v) is 3.45. The minimum atomic E-state index is -0.665. The van der Waals surface area contributed by atoms with E-state index in [0.29, 0.717) is 13.0 Å². The summed E-state index contributed by atoms with van der Waals surface area (Å²) < 4.78 is 5.16. The molecular weight excluding hydrogens is 268 g/mol. The summed E-state index contributed by atoms with van der Waals surface area (Å²) in [6.45, 7) is 6.22. The van der Waals surface area contributed by atoms with Gasteiger partial charge >= 0.3 is 5.97 Å². The van der Waals surface area contributed by atoms with Gasteiger partial charge in [0.2, 0.25) is 0 Å². The summed E-state index contributed by atoms with van der Waals surface area (Å²) in [6.07, 6.45) is 1.18. The highest BCUT2D eigenvalue weighted by atomic mass is 16.5. The van der Waals surface area contributed by atoms with E-state index in [1.54, 1.807) is 4.90 Å². The topological polar surface area (TPSA) is 58.6 Å². The van der Waals surface area contributed by atoms with Crippen molar-refractivity contribution in [2.24, 2.45) is 0 Å². The Kier molecular flexibility index (Phi) is 4.50. The molecule has 0 fully saturated rings. The van der Waals surface area contributed by atoms with Gasteiger partial charge in [-0.3, -0.25) is 9.59 Å². The molecule has 21 heavy (non-hydrogen) atoms. The zero-order chi connectivity index (χ0) is 15.5. The summed E-state index contributed by atoms with van der Waals surface area (Å²) in [6, 6.07) is 7.66. The third-order valence-electron chi connectivity index (χ3n) is 3.45. The largest absolute Gasteiger partial charge is 0.464 e. The molecule has 5 heteroatoms. The first-order valence-corrected chi connectivity index (χ1v) is 7.30. The van der Waals surface area contributed by atoms with Crippen LogP contribution in [0.4, 0.5) is 11.4 Å². The Bertz CT molecular complexity index is 540.